The Bertz CT molecular complexity index is 922. The van der Waals surface area contributed by atoms with E-state index in [2.05, 4.69) is 42.1 Å². The van der Waals surface area contributed by atoms with Crippen LogP contribution in [0.25, 0.3) is 0 Å². The quantitative estimate of drug-likeness (QED) is 0.484. The average Bonchev–Trinajstić information content (AvgIpc) is 2.70. The minimum atomic E-state index is -0.298. The van der Waals surface area contributed by atoms with Gasteiger partial charge in [-0.05, 0) is 84.6 Å². The molecule has 0 aromatic heterocycles. The van der Waals surface area contributed by atoms with E-state index in [1.54, 1.807) is 6.07 Å². The van der Waals surface area contributed by atoms with Crippen LogP contribution in [0.4, 0.5) is 5.69 Å². The highest BCUT2D eigenvalue weighted by Crippen LogP contribution is 2.34. The van der Waals surface area contributed by atoms with Crippen molar-refractivity contribution in [2.24, 2.45) is 0 Å². The fourth-order valence-corrected chi connectivity index (χ4v) is 5.25. The number of phenolic OH excluding ortho intramolecular Hbond substituents is 1. The van der Waals surface area contributed by atoms with Gasteiger partial charge >= 0.3 is 0 Å². The maximum atomic E-state index is 12.9. The van der Waals surface area contributed by atoms with Crippen LogP contribution < -0.4 is 10.1 Å². The first-order chi connectivity index (χ1) is 14.3. The van der Waals surface area contributed by atoms with Crippen LogP contribution in [0.5, 0.6) is 11.5 Å². The van der Waals surface area contributed by atoms with Crippen molar-refractivity contribution >= 4 is 43.5 Å². The molecule has 30 heavy (non-hydrogen) atoms. The Balaban J connectivity index is 1.83. The Kier molecular flexibility index (Phi) is 7.79. The molecule has 6 nitrogen and oxygen atoms in total. The molecule has 1 aliphatic carbocycles. The monoisotopic (exact) mass is 540 g/mol. The number of hydrogen-bond donors (Lipinski definition) is 3. The lowest BCUT2D eigenvalue weighted by Gasteiger charge is -2.34. The molecule has 3 N–H and O–H groups in total. The minimum Gasteiger partial charge on any atom is -0.504 e. The molecule has 162 valence electrons. The zero-order chi connectivity index (χ0) is 21.8. The second-order valence-electron chi connectivity index (χ2n) is 7.65. The first-order valence-corrected chi connectivity index (χ1v) is 11.4. The summed E-state index contributed by atoms with van der Waals surface area (Å²) >= 11 is 7.10. The standard InChI is InChI=1S/C22H26Br2N2O4/c1-26(16-4-3-5-17(27)11-16)12-14-8-15(23)10-18(24)21(14)25-22(29)13-6-7-19(28)20(9-13)30-2/h6-10,16-17,27-28H,3-5,11-12H2,1-2H3,(H,25,29)/t16-,17+/m0/s1. The largest absolute Gasteiger partial charge is 0.504 e. The maximum absolute atomic E-state index is 12.9. The molecule has 0 bridgehead atoms. The van der Waals surface area contributed by atoms with Gasteiger partial charge in [0.25, 0.3) is 5.91 Å². The molecular formula is C22H26Br2N2O4. The molecule has 2 aromatic rings. The summed E-state index contributed by atoms with van der Waals surface area (Å²) in [4.78, 5) is 15.1. The number of hydrogen-bond acceptors (Lipinski definition) is 5. The van der Waals surface area contributed by atoms with Gasteiger partial charge in [0.05, 0.1) is 18.9 Å². The van der Waals surface area contributed by atoms with Crippen LogP contribution in [0.1, 0.15) is 41.6 Å². The Labute approximate surface area is 193 Å². The summed E-state index contributed by atoms with van der Waals surface area (Å²) in [6.45, 7) is 0.629. The molecule has 3 rings (SSSR count). The van der Waals surface area contributed by atoms with E-state index in [1.165, 1.54) is 19.2 Å². The third-order valence-corrected chi connectivity index (χ3v) is 6.56. The molecule has 0 unspecified atom stereocenters. The number of halogens is 2. The summed E-state index contributed by atoms with van der Waals surface area (Å²) in [6, 6.07) is 8.68. The number of aliphatic hydroxyl groups is 1. The number of rotatable bonds is 6. The Hall–Kier alpha value is -1.61. The highest BCUT2D eigenvalue weighted by Gasteiger charge is 2.25. The first kappa shape index (κ1) is 23.1. The van der Waals surface area contributed by atoms with Crippen LogP contribution in [0.2, 0.25) is 0 Å². The first-order valence-electron chi connectivity index (χ1n) is 9.83. The lowest BCUT2D eigenvalue weighted by Crippen LogP contribution is -2.37. The third kappa shape index (κ3) is 5.55. The number of carbonyl (C=O) groups excluding carboxylic acids is 1. The minimum absolute atomic E-state index is 0.0177. The molecule has 1 fully saturated rings. The fraction of sp³-hybridized carbons (Fsp3) is 0.409. The number of methoxy groups -OCH3 is 1. The van der Waals surface area contributed by atoms with Crippen molar-refractivity contribution in [3.63, 3.8) is 0 Å². The van der Waals surface area contributed by atoms with Crippen molar-refractivity contribution in [2.75, 3.05) is 19.5 Å². The van der Waals surface area contributed by atoms with Crippen molar-refractivity contribution in [3.8, 4) is 11.5 Å². The number of nitrogens with one attached hydrogen (secondary N) is 1. The molecular weight excluding hydrogens is 516 g/mol. The van der Waals surface area contributed by atoms with E-state index in [9.17, 15) is 15.0 Å². The van der Waals surface area contributed by atoms with E-state index in [0.717, 1.165) is 40.2 Å². The summed E-state index contributed by atoms with van der Waals surface area (Å²) in [5, 5.41) is 22.8. The van der Waals surface area contributed by atoms with Crippen LogP contribution in [0, 0.1) is 0 Å². The van der Waals surface area contributed by atoms with Crippen LogP contribution >= 0.6 is 31.9 Å². The topological polar surface area (TPSA) is 82.0 Å². The van der Waals surface area contributed by atoms with E-state index >= 15 is 0 Å². The van der Waals surface area contributed by atoms with Gasteiger partial charge in [-0.3, -0.25) is 9.69 Å². The zero-order valence-electron chi connectivity index (χ0n) is 17.0. The molecule has 8 heteroatoms. The summed E-state index contributed by atoms with van der Waals surface area (Å²) in [6.07, 6.45) is 3.46. The van der Waals surface area contributed by atoms with Crippen LogP contribution in [0.15, 0.2) is 39.3 Å². The van der Waals surface area contributed by atoms with Crippen molar-refractivity contribution in [1.29, 1.82) is 0 Å². The van der Waals surface area contributed by atoms with E-state index < -0.39 is 0 Å². The highest BCUT2D eigenvalue weighted by atomic mass is 79.9. The van der Waals surface area contributed by atoms with E-state index in [0.29, 0.717) is 23.8 Å². The molecule has 1 aliphatic rings. The highest BCUT2D eigenvalue weighted by molar-refractivity contribution is 9.11. The van der Waals surface area contributed by atoms with Gasteiger partial charge in [-0.1, -0.05) is 15.9 Å². The maximum Gasteiger partial charge on any atom is 0.255 e. The number of aromatic hydroxyl groups is 1. The van der Waals surface area contributed by atoms with Gasteiger partial charge in [-0.25, -0.2) is 0 Å². The van der Waals surface area contributed by atoms with Gasteiger partial charge in [0, 0.05) is 27.1 Å². The van der Waals surface area contributed by atoms with Gasteiger partial charge in [0.2, 0.25) is 0 Å². The van der Waals surface area contributed by atoms with Crippen LogP contribution in [-0.2, 0) is 6.54 Å². The number of benzene rings is 2. The van der Waals surface area contributed by atoms with Crippen molar-refractivity contribution < 1.29 is 19.7 Å². The van der Waals surface area contributed by atoms with E-state index in [-0.39, 0.29) is 23.5 Å². The Morgan fingerprint density at radius 2 is 2.03 bits per heavy atom. The summed E-state index contributed by atoms with van der Waals surface area (Å²) in [7, 11) is 3.49. The van der Waals surface area contributed by atoms with Crippen molar-refractivity contribution in [3.05, 3.63) is 50.4 Å². The molecule has 0 spiro atoms. The van der Waals surface area contributed by atoms with Gasteiger partial charge < -0.3 is 20.3 Å². The molecule has 2 aromatic carbocycles. The van der Waals surface area contributed by atoms with E-state index in [1.807, 2.05) is 19.2 Å². The zero-order valence-corrected chi connectivity index (χ0v) is 20.2. The van der Waals surface area contributed by atoms with Crippen LogP contribution in [0.3, 0.4) is 0 Å². The lowest BCUT2D eigenvalue weighted by atomic mass is 9.92. The molecule has 1 amide bonds. The molecule has 0 saturated heterocycles. The number of nitrogens with zero attached hydrogens (tertiary/aromatic N) is 1. The number of ether oxygens (including phenoxy) is 1. The normalized spacial score (nSPS) is 19.0. The molecule has 0 heterocycles. The van der Waals surface area contributed by atoms with Crippen molar-refractivity contribution in [2.45, 2.75) is 44.4 Å². The number of phenols is 1. The number of anilines is 1. The molecule has 2 atom stereocenters. The predicted octanol–water partition coefficient (Wildman–Crippen LogP) is 4.91. The molecule has 0 aliphatic heterocycles. The SMILES string of the molecule is COc1cc(C(=O)Nc2c(Br)cc(Br)cc2CN(C)[C@H]2CCC[C@@H](O)C2)ccc1O. The van der Waals surface area contributed by atoms with Gasteiger partial charge in [-0.2, -0.15) is 0 Å². The number of carbonyl (C=O) groups is 1. The third-order valence-electron chi connectivity index (χ3n) is 5.48. The van der Waals surface area contributed by atoms with Crippen LogP contribution in [-0.4, -0.2) is 47.3 Å². The summed E-state index contributed by atoms with van der Waals surface area (Å²) < 4.78 is 6.78. The molecule has 1 saturated carbocycles. The average molecular weight is 542 g/mol. The second-order valence-corrected chi connectivity index (χ2v) is 9.42. The smallest absolute Gasteiger partial charge is 0.255 e. The van der Waals surface area contributed by atoms with Gasteiger partial charge in [0.1, 0.15) is 0 Å². The number of amides is 1. The number of aliphatic hydroxyl groups excluding tert-OH is 1. The van der Waals surface area contributed by atoms with Gasteiger partial charge in [0.15, 0.2) is 11.5 Å². The second kappa shape index (κ2) is 10.1. The predicted molar refractivity (Wildman–Crippen MR) is 124 cm³/mol. The lowest BCUT2D eigenvalue weighted by molar-refractivity contribution is 0.0701. The van der Waals surface area contributed by atoms with Gasteiger partial charge in [-0.15, -0.1) is 0 Å². The Morgan fingerprint density at radius 3 is 2.73 bits per heavy atom. The Morgan fingerprint density at radius 1 is 1.27 bits per heavy atom. The summed E-state index contributed by atoms with van der Waals surface area (Å²) in [5.41, 5.74) is 2.03. The fourth-order valence-electron chi connectivity index (χ4n) is 3.83. The summed E-state index contributed by atoms with van der Waals surface area (Å²) in [5.74, 6) is -0.0718. The van der Waals surface area contributed by atoms with E-state index in [4.69, 9.17) is 4.74 Å². The van der Waals surface area contributed by atoms with Crippen molar-refractivity contribution in [1.82, 2.24) is 4.90 Å². The molecule has 0 radical (unpaired) electrons.